The number of nitrogens with one attached hydrogen (secondary N) is 1. The molecule has 1 aliphatic rings. The van der Waals surface area contributed by atoms with Crippen LogP contribution in [0.1, 0.15) is 19.8 Å². The number of non-ortho nitro benzene ring substituents is 1. The summed E-state index contributed by atoms with van der Waals surface area (Å²) in [5.41, 5.74) is 0.308. The van der Waals surface area contributed by atoms with Gasteiger partial charge in [-0.2, -0.15) is 0 Å². The lowest BCUT2D eigenvalue weighted by Gasteiger charge is -2.16. The maximum absolute atomic E-state index is 12.0. The van der Waals surface area contributed by atoms with Gasteiger partial charge in [-0.25, -0.2) is 0 Å². The average Bonchev–Trinajstić information content (AvgIpc) is 2.98. The molecule has 0 spiro atoms. The van der Waals surface area contributed by atoms with E-state index in [1.807, 2.05) is 0 Å². The van der Waals surface area contributed by atoms with Crippen LogP contribution in [0.5, 0.6) is 0 Å². The normalized spacial score (nSPS) is 19.2. The molecule has 0 aliphatic carbocycles. The molecular weight excluding hydrogens is 276 g/mol. The SMILES string of the molecule is C[C@@H](OC[C@@H]1CCCO1)C(=O)Nc1cccc([N+](=O)[O-])c1. The summed E-state index contributed by atoms with van der Waals surface area (Å²) >= 11 is 0. The summed E-state index contributed by atoms with van der Waals surface area (Å²) < 4.78 is 10.9. The van der Waals surface area contributed by atoms with Crippen LogP contribution in [0.3, 0.4) is 0 Å². The van der Waals surface area contributed by atoms with Crippen molar-refractivity contribution in [3.63, 3.8) is 0 Å². The van der Waals surface area contributed by atoms with Crippen LogP contribution in [0.15, 0.2) is 24.3 Å². The molecule has 0 aromatic heterocycles. The predicted molar refractivity (Wildman–Crippen MR) is 76.1 cm³/mol. The van der Waals surface area contributed by atoms with Crippen molar-refractivity contribution in [1.82, 2.24) is 0 Å². The van der Waals surface area contributed by atoms with Gasteiger partial charge in [0.1, 0.15) is 6.10 Å². The summed E-state index contributed by atoms with van der Waals surface area (Å²) in [5, 5.41) is 13.3. The minimum absolute atomic E-state index is 0.0538. The number of benzene rings is 1. The molecule has 1 heterocycles. The number of rotatable bonds is 6. The van der Waals surface area contributed by atoms with E-state index >= 15 is 0 Å². The van der Waals surface area contributed by atoms with E-state index in [9.17, 15) is 14.9 Å². The first-order valence-electron chi connectivity index (χ1n) is 6.85. The van der Waals surface area contributed by atoms with Gasteiger partial charge in [-0.1, -0.05) is 6.07 Å². The Morgan fingerprint density at radius 3 is 3.10 bits per heavy atom. The Hall–Kier alpha value is -1.99. The van der Waals surface area contributed by atoms with Crippen molar-refractivity contribution < 1.29 is 19.2 Å². The summed E-state index contributed by atoms with van der Waals surface area (Å²) in [4.78, 5) is 22.1. The van der Waals surface area contributed by atoms with Crippen LogP contribution >= 0.6 is 0 Å². The number of ether oxygens (including phenoxy) is 2. The van der Waals surface area contributed by atoms with Crippen molar-refractivity contribution >= 4 is 17.3 Å². The number of hydrogen-bond donors (Lipinski definition) is 1. The van der Waals surface area contributed by atoms with Gasteiger partial charge in [-0.3, -0.25) is 14.9 Å². The lowest BCUT2D eigenvalue weighted by atomic mass is 10.2. The Balaban J connectivity index is 1.84. The van der Waals surface area contributed by atoms with Gasteiger partial charge in [0.2, 0.25) is 0 Å². The van der Waals surface area contributed by atoms with Crippen LogP contribution in [0.2, 0.25) is 0 Å². The third-order valence-electron chi connectivity index (χ3n) is 3.25. The van der Waals surface area contributed by atoms with Gasteiger partial charge < -0.3 is 14.8 Å². The molecule has 21 heavy (non-hydrogen) atoms. The zero-order valence-electron chi connectivity index (χ0n) is 11.8. The number of carbonyl (C=O) groups excluding carboxylic acids is 1. The molecule has 1 aromatic carbocycles. The van der Waals surface area contributed by atoms with Crippen molar-refractivity contribution in [2.24, 2.45) is 0 Å². The molecule has 1 saturated heterocycles. The number of nitro benzene ring substituents is 1. The predicted octanol–water partition coefficient (Wildman–Crippen LogP) is 2.12. The van der Waals surface area contributed by atoms with Crippen LogP contribution in [-0.4, -0.2) is 36.3 Å². The highest BCUT2D eigenvalue weighted by molar-refractivity contribution is 5.94. The molecule has 1 N–H and O–H groups in total. The van der Waals surface area contributed by atoms with E-state index < -0.39 is 11.0 Å². The highest BCUT2D eigenvalue weighted by Crippen LogP contribution is 2.18. The van der Waals surface area contributed by atoms with Gasteiger partial charge in [-0.15, -0.1) is 0 Å². The van der Waals surface area contributed by atoms with Crippen molar-refractivity contribution in [3.8, 4) is 0 Å². The van der Waals surface area contributed by atoms with Gasteiger partial charge in [-0.05, 0) is 25.8 Å². The molecule has 2 rings (SSSR count). The fraction of sp³-hybridized carbons (Fsp3) is 0.500. The first-order chi connectivity index (χ1) is 10.1. The van der Waals surface area contributed by atoms with Gasteiger partial charge in [0.15, 0.2) is 0 Å². The van der Waals surface area contributed by atoms with E-state index in [-0.39, 0.29) is 17.7 Å². The van der Waals surface area contributed by atoms with Gasteiger partial charge in [0, 0.05) is 24.4 Å². The molecule has 0 saturated carbocycles. The maximum atomic E-state index is 12.0. The number of carbonyl (C=O) groups is 1. The molecule has 0 unspecified atom stereocenters. The van der Waals surface area contributed by atoms with E-state index in [0.29, 0.717) is 12.3 Å². The van der Waals surface area contributed by atoms with Crippen molar-refractivity contribution in [2.45, 2.75) is 32.0 Å². The molecule has 7 nitrogen and oxygen atoms in total. The topological polar surface area (TPSA) is 90.7 Å². The van der Waals surface area contributed by atoms with E-state index in [4.69, 9.17) is 9.47 Å². The summed E-state index contributed by atoms with van der Waals surface area (Å²) in [6, 6.07) is 5.79. The Morgan fingerprint density at radius 2 is 2.43 bits per heavy atom. The Bertz CT molecular complexity index is 514. The summed E-state index contributed by atoms with van der Waals surface area (Å²) in [7, 11) is 0. The number of hydrogen-bond acceptors (Lipinski definition) is 5. The molecule has 0 bridgehead atoms. The summed E-state index contributed by atoms with van der Waals surface area (Å²) in [6.45, 7) is 2.76. The number of anilines is 1. The standard InChI is InChI=1S/C14H18N2O5/c1-10(21-9-13-6-3-7-20-13)14(17)15-11-4-2-5-12(8-11)16(18)19/h2,4-5,8,10,13H,3,6-7,9H2,1H3,(H,15,17)/t10-,13+/m1/s1. The van der Waals surface area contributed by atoms with E-state index in [2.05, 4.69) is 5.32 Å². The van der Waals surface area contributed by atoms with Gasteiger partial charge in [0.05, 0.1) is 17.6 Å². The highest BCUT2D eigenvalue weighted by Gasteiger charge is 2.20. The van der Waals surface area contributed by atoms with Crippen molar-refractivity contribution in [1.29, 1.82) is 0 Å². The summed E-state index contributed by atoms with van der Waals surface area (Å²) in [5.74, 6) is -0.339. The second-order valence-corrected chi connectivity index (χ2v) is 4.91. The molecule has 1 amide bonds. The summed E-state index contributed by atoms with van der Waals surface area (Å²) in [6.07, 6.45) is 1.37. The van der Waals surface area contributed by atoms with E-state index in [0.717, 1.165) is 19.4 Å². The molecule has 1 fully saturated rings. The minimum Gasteiger partial charge on any atom is -0.376 e. The van der Waals surface area contributed by atoms with Crippen molar-refractivity contribution in [3.05, 3.63) is 34.4 Å². The molecule has 1 aliphatic heterocycles. The first kappa shape index (κ1) is 15.4. The Kier molecular flexibility index (Phi) is 5.24. The fourth-order valence-electron chi connectivity index (χ4n) is 2.04. The minimum atomic E-state index is -0.645. The lowest BCUT2D eigenvalue weighted by molar-refractivity contribution is -0.384. The molecule has 7 heteroatoms. The quantitative estimate of drug-likeness (QED) is 0.641. The van der Waals surface area contributed by atoms with Crippen LogP contribution in [-0.2, 0) is 14.3 Å². The smallest absolute Gasteiger partial charge is 0.271 e. The molecule has 2 atom stereocenters. The first-order valence-corrected chi connectivity index (χ1v) is 6.85. The zero-order chi connectivity index (χ0) is 15.2. The average molecular weight is 294 g/mol. The lowest BCUT2D eigenvalue weighted by Crippen LogP contribution is -2.30. The maximum Gasteiger partial charge on any atom is 0.271 e. The number of amides is 1. The highest BCUT2D eigenvalue weighted by atomic mass is 16.6. The van der Waals surface area contributed by atoms with Crippen LogP contribution < -0.4 is 5.32 Å². The monoisotopic (exact) mass is 294 g/mol. The molecule has 0 radical (unpaired) electrons. The third-order valence-corrected chi connectivity index (χ3v) is 3.25. The fourth-order valence-corrected chi connectivity index (χ4v) is 2.04. The number of nitro groups is 1. The van der Waals surface area contributed by atoms with E-state index in [1.54, 1.807) is 13.0 Å². The Labute approximate surface area is 122 Å². The van der Waals surface area contributed by atoms with Crippen LogP contribution in [0, 0.1) is 10.1 Å². The van der Waals surface area contributed by atoms with Gasteiger partial charge >= 0.3 is 0 Å². The third kappa shape index (κ3) is 4.51. The molecule has 114 valence electrons. The zero-order valence-corrected chi connectivity index (χ0v) is 11.8. The van der Waals surface area contributed by atoms with Crippen molar-refractivity contribution in [2.75, 3.05) is 18.5 Å². The van der Waals surface area contributed by atoms with Crippen LogP contribution in [0.4, 0.5) is 11.4 Å². The van der Waals surface area contributed by atoms with Crippen LogP contribution in [0.25, 0.3) is 0 Å². The largest absolute Gasteiger partial charge is 0.376 e. The second kappa shape index (κ2) is 7.14. The van der Waals surface area contributed by atoms with Gasteiger partial charge in [0.25, 0.3) is 11.6 Å². The number of nitrogens with zero attached hydrogens (tertiary/aromatic N) is 1. The van der Waals surface area contributed by atoms with E-state index in [1.165, 1.54) is 18.2 Å². The molecular formula is C14H18N2O5. The Morgan fingerprint density at radius 1 is 1.62 bits per heavy atom. The second-order valence-electron chi connectivity index (χ2n) is 4.91. The molecule has 1 aromatic rings.